The first kappa shape index (κ1) is 9.94. The molecule has 0 aromatic heterocycles. The highest BCUT2D eigenvalue weighted by atomic mass is 16.6. The fourth-order valence-corrected chi connectivity index (χ4v) is 0.740. The Morgan fingerprint density at radius 1 is 1.55 bits per heavy atom. The number of hydrogen-bond acceptors (Lipinski definition) is 2. The van der Waals surface area contributed by atoms with Crippen molar-refractivity contribution < 1.29 is 19.8 Å². The number of carbonyl (C=O) groups is 2. The maximum atomic E-state index is 9.98. The molecular formula is C7H12O4. The summed E-state index contributed by atoms with van der Waals surface area (Å²) in [5.41, 5.74) is 0.349. The maximum Gasteiger partial charge on any atom is 0.503 e. The molecular weight excluding hydrogens is 148 g/mol. The SMILES string of the molecule is CC1(C)CC1C=O.O=C(O)O. The van der Waals surface area contributed by atoms with Crippen LogP contribution in [-0.2, 0) is 4.79 Å². The van der Waals surface area contributed by atoms with Gasteiger partial charge in [-0.05, 0) is 11.8 Å². The molecule has 0 aliphatic heterocycles. The van der Waals surface area contributed by atoms with Crippen LogP contribution in [0.4, 0.5) is 4.79 Å². The van der Waals surface area contributed by atoms with Crippen molar-refractivity contribution in [2.45, 2.75) is 20.3 Å². The van der Waals surface area contributed by atoms with E-state index in [2.05, 4.69) is 13.8 Å². The van der Waals surface area contributed by atoms with Crippen LogP contribution >= 0.6 is 0 Å². The van der Waals surface area contributed by atoms with Gasteiger partial charge >= 0.3 is 6.16 Å². The first-order valence-corrected chi connectivity index (χ1v) is 3.27. The number of hydrogen-bond donors (Lipinski definition) is 2. The lowest BCUT2D eigenvalue weighted by molar-refractivity contribution is -0.109. The van der Waals surface area contributed by atoms with Crippen molar-refractivity contribution in [3.8, 4) is 0 Å². The molecule has 1 aliphatic rings. The minimum Gasteiger partial charge on any atom is -0.450 e. The molecule has 1 saturated carbocycles. The van der Waals surface area contributed by atoms with Gasteiger partial charge in [-0.2, -0.15) is 0 Å². The Morgan fingerprint density at radius 2 is 1.82 bits per heavy atom. The fourth-order valence-electron chi connectivity index (χ4n) is 0.740. The molecule has 1 fully saturated rings. The van der Waals surface area contributed by atoms with E-state index in [-0.39, 0.29) is 0 Å². The average molecular weight is 160 g/mol. The molecule has 0 saturated heterocycles. The summed E-state index contributed by atoms with van der Waals surface area (Å²) < 4.78 is 0. The minimum absolute atomic E-state index is 0.349. The number of aldehydes is 1. The van der Waals surface area contributed by atoms with Gasteiger partial charge in [0.05, 0.1) is 0 Å². The monoisotopic (exact) mass is 160 g/mol. The second-order valence-corrected chi connectivity index (χ2v) is 3.22. The number of rotatable bonds is 1. The average Bonchev–Trinajstić information content (AvgIpc) is 2.38. The van der Waals surface area contributed by atoms with Crippen LogP contribution in [-0.4, -0.2) is 22.7 Å². The van der Waals surface area contributed by atoms with E-state index in [1.807, 2.05) is 0 Å². The molecule has 11 heavy (non-hydrogen) atoms. The quantitative estimate of drug-likeness (QED) is 0.569. The van der Waals surface area contributed by atoms with Crippen LogP contribution in [0.15, 0.2) is 0 Å². The summed E-state index contributed by atoms with van der Waals surface area (Å²) in [6, 6.07) is 0. The van der Waals surface area contributed by atoms with E-state index in [1.54, 1.807) is 0 Å². The zero-order valence-electron chi connectivity index (χ0n) is 6.57. The summed E-state index contributed by atoms with van der Waals surface area (Å²) in [4.78, 5) is 18.5. The van der Waals surface area contributed by atoms with Crippen LogP contribution in [0.2, 0.25) is 0 Å². The van der Waals surface area contributed by atoms with E-state index in [0.29, 0.717) is 11.3 Å². The molecule has 64 valence electrons. The Hall–Kier alpha value is -1.06. The summed E-state index contributed by atoms with van der Waals surface area (Å²) in [6.45, 7) is 4.23. The highest BCUT2D eigenvalue weighted by molar-refractivity contribution is 5.59. The van der Waals surface area contributed by atoms with Crippen molar-refractivity contribution in [1.82, 2.24) is 0 Å². The van der Waals surface area contributed by atoms with Crippen molar-refractivity contribution in [2.75, 3.05) is 0 Å². The molecule has 0 amide bonds. The second kappa shape index (κ2) is 3.37. The van der Waals surface area contributed by atoms with E-state index in [1.165, 1.54) is 0 Å². The molecule has 1 atom stereocenters. The molecule has 0 heterocycles. The molecule has 1 rings (SSSR count). The largest absolute Gasteiger partial charge is 0.503 e. The summed E-state index contributed by atoms with van der Waals surface area (Å²) in [7, 11) is 0. The van der Waals surface area contributed by atoms with E-state index < -0.39 is 6.16 Å². The summed E-state index contributed by atoms with van der Waals surface area (Å²) >= 11 is 0. The third-order valence-electron chi connectivity index (χ3n) is 1.75. The summed E-state index contributed by atoms with van der Waals surface area (Å²) in [6.07, 6.45) is 0.316. The molecule has 1 unspecified atom stereocenters. The van der Waals surface area contributed by atoms with Crippen LogP contribution in [0.3, 0.4) is 0 Å². The zero-order chi connectivity index (χ0) is 9.07. The van der Waals surface area contributed by atoms with Gasteiger partial charge in [0.1, 0.15) is 6.29 Å². The standard InChI is InChI=1S/C6H10O.CH2O3/c1-6(2)3-5(6)4-7;2-1(3)4/h4-5H,3H2,1-2H3;(H2,2,3,4). The second-order valence-electron chi connectivity index (χ2n) is 3.22. The minimum atomic E-state index is -1.83. The van der Waals surface area contributed by atoms with Gasteiger partial charge in [-0.3, -0.25) is 0 Å². The molecule has 0 aromatic rings. The molecule has 0 spiro atoms. The third kappa shape index (κ3) is 4.36. The lowest BCUT2D eigenvalue weighted by Crippen LogP contribution is -1.88. The summed E-state index contributed by atoms with van der Waals surface area (Å²) in [5, 5.41) is 13.9. The highest BCUT2D eigenvalue weighted by Crippen LogP contribution is 2.49. The predicted molar refractivity (Wildman–Crippen MR) is 38.6 cm³/mol. The van der Waals surface area contributed by atoms with Crippen molar-refractivity contribution in [3.63, 3.8) is 0 Å². The first-order chi connectivity index (χ1) is 4.90. The van der Waals surface area contributed by atoms with E-state index in [9.17, 15) is 4.79 Å². The Labute approximate surface area is 64.8 Å². The van der Waals surface area contributed by atoms with Crippen molar-refractivity contribution >= 4 is 12.4 Å². The molecule has 0 bridgehead atoms. The van der Waals surface area contributed by atoms with Crippen LogP contribution in [0, 0.1) is 11.3 Å². The van der Waals surface area contributed by atoms with Crippen LogP contribution in [0.1, 0.15) is 20.3 Å². The van der Waals surface area contributed by atoms with Gasteiger partial charge in [-0.1, -0.05) is 13.8 Å². The van der Waals surface area contributed by atoms with E-state index in [0.717, 1.165) is 12.7 Å². The zero-order valence-corrected chi connectivity index (χ0v) is 6.57. The molecule has 4 heteroatoms. The molecule has 1 aliphatic carbocycles. The van der Waals surface area contributed by atoms with Gasteiger partial charge in [0.15, 0.2) is 0 Å². The number of carboxylic acid groups (broad SMARTS) is 2. The molecule has 4 nitrogen and oxygen atoms in total. The van der Waals surface area contributed by atoms with E-state index in [4.69, 9.17) is 15.0 Å². The molecule has 0 aromatic carbocycles. The third-order valence-corrected chi connectivity index (χ3v) is 1.75. The fraction of sp³-hybridized carbons (Fsp3) is 0.714. The lowest BCUT2D eigenvalue weighted by atomic mass is 10.1. The maximum absolute atomic E-state index is 9.98. The topological polar surface area (TPSA) is 74.6 Å². The Morgan fingerprint density at radius 3 is 1.82 bits per heavy atom. The number of carbonyl (C=O) groups excluding carboxylic acids is 1. The Kier molecular flexibility index (Phi) is 3.04. The Bertz CT molecular complexity index is 158. The lowest BCUT2D eigenvalue weighted by Gasteiger charge is -1.91. The molecule has 2 N–H and O–H groups in total. The smallest absolute Gasteiger partial charge is 0.450 e. The van der Waals surface area contributed by atoms with E-state index >= 15 is 0 Å². The highest BCUT2D eigenvalue weighted by Gasteiger charge is 2.45. The summed E-state index contributed by atoms with van der Waals surface area (Å²) in [5.74, 6) is 0.368. The first-order valence-electron chi connectivity index (χ1n) is 3.27. The van der Waals surface area contributed by atoms with Crippen molar-refractivity contribution in [3.05, 3.63) is 0 Å². The van der Waals surface area contributed by atoms with Crippen LogP contribution in [0.5, 0.6) is 0 Å². The van der Waals surface area contributed by atoms with Gasteiger partial charge in [-0.15, -0.1) is 0 Å². The van der Waals surface area contributed by atoms with Gasteiger partial charge < -0.3 is 15.0 Å². The van der Waals surface area contributed by atoms with Crippen molar-refractivity contribution in [1.29, 1.82) is 0 Å². The van der Waals surface area contributed by atoms with Crippen LogP contribution < -0.4 is 0 Å². The normalized spacial score (nSPS) is 24.4. The van der Waals surface area contributed by atoms with Gasteiger partial charge in [0, 0.05) is 5.92 Å². The van der Waals surface area contributed by atoms with Gasteiger partial charge in [-0.25, -0.2) is 4.79 Å². The molecule has 0 radical (unpaired) electrons. The van der Waals surface area contributed by atoms with Crippen molar-refractivity contribution in [2.24, 2.45) is 11.3 Å². The van der Waals surface area contributed by atoms with Gasteiger partial charge in [0.2, 0.25) is 0 Å². The van der Waals surface area contributed by atoms with Crippen LogP contribution in [0.25, 0.3) is 0 Å². The van der Waals surface area contributed by atoms with Gasteiger partial charge in [0.25, 0.3) is 0 Å². The Balaban J connectivity index is 0.000000218. The predicted octanol–water partition coefficient (Wildman–Crippen LogP) is 1.45.